The summed E-state index contributed by atoms with van der Waals surface area (Å²) >= 11 is 0. The highest BCUT2D eigenvalue weighted by Crippen LogP contribution is 2.35. The van der Waals surface area contributed by atoms with Crippen LogP contribution < -0.4 is 10.1 Å². The second-order valence-corrected chi connectivity index (χ2v) is 10.7. The number of unbranched alkanes of at least 4 members (excludes halogenated alkanes) is 1. The van der Waals surface area contributed by atoms with Gasteiger partial charge in [0.2, 0.25) is 11.8 Å². The van der Waals surface area contributed by atoms with Gasteiger partial charge < -0.3 is 39.5 Å². The summed E-state index contributed by atoms with van der Waals surface area (Å²) < 4.78 is 22.4. The van der Waals surface area contributed by atoms with Crippen molar-refractivity contribution in [1.29, 1.82) is 0 Å². The van der Waals surface area contributed by atoms with E-state index in [2.05, 4.69) is 15.3 Å². The molecule has 40 heavy (non-hydrogen) atoms. The molecule has 1 saturated heterocycles. The number of aromatic nitrogens is 2. The summed E-state index contributed by atoms with van der Waals surface area (Å²) in [7, 11) is -4.73. The lowest BCUT2D eigenvalue weighted by molar-refractivity contribution is -0.134. The molecule has 2 aromatic rings. The molecule has 0 saturated carbocycles. The van der Waals surface area contributed by atoms with Crippen molar-refractivity contribution in [3.8, 4) is 17.3 Å². The summed E-state index contributed by atoms with van der Waals surface area (Å²) in [5.41, 5.74) is 0.366. The van der Waals surface area contributed by atoms with E-state index in [1.165, 1.54) is 15.9 Å². The van der Waals surface area contributed by atoms with Gasteiger partial charge in [0.1, 0.15) is 18.3 Å². The number of ether oxygens (including phenoxy) is 2. The van der Waals surface area contributed by atoms with Gasteiger partial charge in [0.15, 0.2) is 5.82 Å². The molecular formula is C25H34N5O9P. The SMILES string of the molecule is CCCCOC(=O)N1CCN(C(=O)[C@H](CP(=O)(O)O)NC(=O)c2cc(OCCO)nc(-c3ccccc3)n2)CC1. The predicted molar refractivity (Wildman–Crippen MR) is 143 cm³/mol. The van der Waals surface area contributed by atoms with Crippen LogP contribution in [-0.4, -0.2) is 111 Å². The van der Waals surface area contributed by atoms with E-state index in [4.69, 9.17) is 14.6 Å². The van der Waals surface area contributed by atoms with Crippen molar-refractivity contribution in [2.75, 3.05) is 52.2 Å². The van der Waals surface area contributed by atoms with Gasteiger partial charge in [-0.05, 0) is 6.42 Å². The number of benzene rings is 1. The van der Waals surface area contributed by atoms with Crippen LogP contribution in [-0.2, 0) is 14.1 Å². The number of hydrogen-bond donors (Lipinski definition) is 4. The number of aliphatic hydroxyl groups is 1. The minimum absolute atomic E-state index is 0.00661. The van der Waals surface area contributed by atoms with E-state index >= 15 is 0 Å². The zero-order chi connectivity index (χ0) is 29.1. The number of nitrogens with zero attached hydrogens (tertiary/aromatic N) is 4. The van der Waals surface area contributed by atoms with Gasteiger partial charge in [-0.1, -0.05) is 43.7 Å². The molecule has 4 N–H and O–H groups in total. The van der Waals surface area contributed by atoms with Crippen LogP contribution >= 0.6 is 7.60 Å². The Balaban J connectivity index is 1.76. The highest BCUT2D eigenvalue weighted by molar-refractivity contribution is 7.51. The van der Waals surface area contributed by atoms with Gasteiger partial charge in [0.05, 0.1) is 19.4 Å². The molecule has 1 aromatic carbocycles. The molecule has 3 rings (SSSR count). The lowest BCUT2D eigenvalue weighted by Crippen LogP contribution is -2.56. The Morgan fingerprint density at radius 3 is 2.35 bits per heavy atom. The van der Waals surface area contributed by atoms with E-state index in [1.807, 2.05) is 6.92 Å². The zero-order valence-electron chi connectivity index (χ0n) is 22.1. The first-order chi connectivity index (χ1) is 19.1. The third-order valence-electron chi connectivity index (χ3n) is 5.91. The minimum Gasteiger partial charge on any atom is -0.475 e. The molecule has 0 unspecified atom stereocenters. The number of nitrogens with one attached hydrogen (secondary N) is 1. The molecule has 0 spiro atoms. The molecule has 218 valence electrons. The number of piperazine rings is 1. The fraction of sp³-hybridized carbons (Fsp3) is 0.480. The van der Waals surface area contributed by atoms with Gasteiger partial charge in [0.25, 0.3) is 5.91 Å². The number of aliphatic hydroxyl groups excluding tert-OH is 1. The van der Waals surface area contributed by atoms with Gasteiger partial charge >= 0.3 is 13.7 Å². The van der Waals surface area contributed by atoms with Crippen molar-refractivity contribution < 1.29 is 43.3 Å². The van der Waals surface area contributed by atoms with Crippen molar-refractivity contribution >= 4 is 25.5 Å². The summed E-state index contributed by atoms with van der Waals surface area (Å²) in [6.45, 7) is 2.42. The third-order valence-corrected chi connectivity index (χ3v) is 6.75. The highest BCUT2D eigenvalue weighted by Gasteiger charge is 2.35. The highest BCUT2D eigenvalue weighted by atomic mass is 31.2. The molecule has 0 radical (unpaired) electrons. The minimum atomic E-state index is -4.73. The normalized spacial score (nSPS) is 14.4. The fourth-order valence-corrected chi connectivity index (χ4v) is 4.59. The van der Waals surface area contributed by atoms with Crippen LogP contribution in [0.5, 0.6) is 5.88 Å². The van der Waals surface area contributed by atoms with Gasteiger partial charge in [0, 0.05) is 37.8 Å². The van der Waals surface area contributed by atoms with Gasteiger partial charge in [-0.3, -0.25) is 14.2 Å². The van der Waals surface area contributed by atoms with E-state index < -0.39 is 37.7 Å². The molecule has 1 aromatic heterocycles. The maximum absolute atomic E-state index is 13.3. The van der Waals surface area contributed by atoms with Crippen molar-refractivity contribution in [3.05, 3.63) is 42.1 Å². The van der Waals surface area contributed by atoms with Gasteiger partial charge in [-0.25, -0.2) is 9.78 Å². The first kappa shape index (κ1) is 31.0. The van der Waals surface area contributed by atoms with Crippen LogP contribution in [0.3, 0.4) is 0 Å². The van der Waals surface area contributed by atoms with E-state index in [9.17, 15) is 28.7 Å². The van der Waals surface area contributed by atoms with Gasteiger partial charge in [-0.15, -0.1) is 0 Å². The molecule has 3 amide bonds. The Morgan fingerprint density at radius 1 is 1.05 bits per heavy atom. The maximum Gasteiger partial charge on any atom is 0.409 e. The second kappa shape index (κ2) is 14.7. The fourth-order valence-electron chi connectivity index (χ4n) is 3.86. The van der Waals surface area contributed by atoms with E-state index in [0.717, 1.165) is 12.8 Å². The van der Waals surface area contributed by atoms with E-state index in [0.29, 0.717) is 12.2 Å². The summed E-state index contributed by atoms with van der Waals surface area (Å²) in [6, 6.07) is 8.36. The van der Waals surface area contributed by atoms with Crippen LogP contribution in [0.2, 0.25) is 0 Å². The number of hydrogen-bond acceptors (Lipinski definition) is 9. The molecule has 0 aliphatic carbocycles. The van der Waals surface area contributed by atoms with Crippen molar-refractivity contribution in [1.82, 2.24) is 25.1 Å². The molecule has 1 aliphatic rings. The molecular weight excluding hydrogens is 545 g/mol. The number of rotatable bonds is 12. The summed E-state index contributed by atoms with van der Waals surface area (Å²) in [5, 5.41) is 11.5. The Kier molecular flexibility index (Phi) is 11.4. The van der Waals surface area contributed by atoms with Crippen molar-refractivity contribution in [2.24, 2.45) is 0 Å². The largest absolute Gasteiger partial charge is 0.475 e. The Bertz CT molecular complexity index is 1200. The summed E-state index contributed by atoms with van der Waals surface area (Å²) in [4.78, 5) is 69.2. The molecule has 14 nitrogen and oxygen atoms in total. The standard InChI is InChI=1S/C25H34N5O9P/c1-2-3-14-39-25(34)30-11-9-29(10-12-30)24(33)20(17-40(35,36)37)27-23(32)19-16-21(38-15-13-31)28-22(26-19)18-7-5-4-6-8-18/h4-8,16,20,31H,2-3,9-15,17H2,1H3,(H,27,32)(H2,35,36,37)/t20-/m0/s1. The van der Waals surface area contributed by atoms with Crippen LogP contribution in [0.15, 0.2) is 36.4 Å². The Labute approximate surface area is 231 Å². The summed E-state index contributed by atoms with van der Waals surface area (Å²) in [6.07, 6.45) is 0.198. The van der Waals surface area contributed by atoms with Crippen LogP contribution in [0.1, 0.15) is 30.3 Å². The summed E-state index contributed by atoms with van der Waals surface area (Å²) in [5.74, 6) is -1.45. The monoisotopic (exact) mass is 579 g/mol. The molecule has 2 heterocycles. The smallest absolute Gasteiger partial charge is 0.409 e. The van der Waals surface area contributed by atoms with Crippen LogP contribution in [0, 0.1) is 0 Å². The lowest BCUT2D eigenvalue weighted by Gasteiger charge is -2.36. The zero-order valence-corrected chi connectivity index (χ0v) is 23.0. The first-order valence-electron chi connectivity index (χ1n) is 12.9. The number of carbonyl (C=O) groups is 3. The van der Waals surface area contributed by atoms with Crippen LogP contribution in [0.25, 0.3) is 11.4 Å². The third kappa shape index (κ3) is 9.26. The van der Waals surface area contributed by atoms with Crippen molar-refractivity contribution in [3.63, 3.8) is 0 Å². The predicted octanol–water partition coefficient (Wildman–Crippen LogP) is 0.872. The quantitative estimate of drug-likeness (QED) is 0.206. The first-order valence-corrected chi connectivity index (χ1v) is 14.6. The van der Waals surface area contributed by atoms with Crippen LogP contribution in [0.4, 0.5) is 4.79 Å². The lowest BCUT2D eigenvalue weighted by atomic mass is 10.2. The maximum atomic E-state index is 13.3. The molecule has 1 fully saturated rings. The van der Waals surface area contributed by atoms with Gasteiger partial charge in [-0.2, -0.15) is 4.98 Å². The molecule has 0 bridgehead atoms. The molecule has 15 heteroatoms. The van der Waals surface area contributed by atoms with E-state index in [1.54, 1.807) is 30.3 Å². The van der Waals surface area contributed by atoms with E-state index in [-0.39, 0.29) is 56.8 Å². The number of carbonyl (C=O) groups excluding carboxylic acids is 3. The topological polar surface area (TPSA) is 192 Å². The second-order valence-electron chi connectivity index (χ2n) is 9.01. The molecule has 1 aliphatic heterocycles. The molecule has 1 atom stereocenters. The number of amides is 3. The Morgan fingerprint density at radius 2 is 1.73 bits per heavy atom. The average Bonchev–Trinajstić information content (AvgIpc) is 2.95. The Hall–Kier alpha value is -3.58. The van der Waals surface area contributed by atoms with Crippen molar-refractivity contribution in [2.45, 2.75) is 25.8 Å². The average molecular weight is 580 g/mol.